The lowest BCUT2D eigenvalue weighted by Crippen LogP contribution is -2.25. The van der Waals surface area contributed by atoms with Gasteiger partial charge in [-0.05, 0) is 36.2 Å². The van der Waals surface area contributed by atoms with Crippen molar-refractivity contribution in [2.75, 3.05) is 6.54 Å². The van der Waals surface area contributed by atoms with Crippen LogP contribution in [0.15, 0.2) is 40.9 Å². The zero-order valence-electron chi connectivity index (χ0n) is 10.8. The molecule has 21 heavy (non-hydrogen) atoms. The van der Waals surface area contributed by atoms with E-state index in [9.17, 15) is 8.42 Å². The Morgan fingerprint density at radius 1 is 1.29 bits per heavy atom. The lowest BCUT2D eigenvalue weighted by molar-refractivity contribution is 0.584. The molecule has 110 valence electrons. The largest absolute Gasteiger partial charge is 0.345 e. The second-order valence-corrected chi connectivity index (χ2v) is 8.17. The van der Waals surface area contributed by atoms with Gasteiger partial charge in [0.1, 0.15) is 4.21 Å². The Labute approximate surface area is 131 Å². The highest BCUT2D eigenvalue weighted by Crippen LogP contribution is 2.25. The van der Waals surface area contributed by atoms with Crippen LogP contribution in [-0.4, -0.2) is 24.9 Å². The van der Waals surface area contributed by atoms with E-state index in [1.165, 1.54) is 6.07 Å². The Kier molecular flexibility index (Phi) is 3.99. The molecule has 0 bridgehead atoms. The van der Waals surface area contributed by atoms with Crippen molar-refractivity contribution in [3.05, 3.63) is 46.6 Å². The normalized spacial score (nSPS) is 12.0. The topological polar surface area (TPSA) is 74.8 Å². The number of nitrogens with one attached hydrogen (secondary N) is 2. The first-order valence-electron chi connectivity index (χ1n) is 6.22. The van der Waals surface area contributed by atoms with Crippen LogP contribution in [0.2, 0.25) is 4.34 Å². The zero-order valence-corrected chi connectivity index (χ0v) is 13.2. The maximum absolute atomic E-state index is 12.0. The molecule has 0 aliphatic heterocycles. The van der Waals surface area contributed by atoms with Gasteiger partial charge in [-0.1, -0.05) is 17.7 Å². The van der Waals surface area contributed by atoms with Gasteiger partial charge in [0.05, 0.1) is 21.7 Å². The summed E-state index contributed by atoms with van der Waals surface area (Å²) >= 11 is 6.80. The summed E-state index contributed by atoms with van der Waals surface area (Å²) in [6, 6.07) is 8.91. The highest BCUT2D eigenvalue weighted by molar-refractivity contribution is 7.91. The summed E-state index contributed by atoms with van der Waals surface area (Å²) in [6.45, 7) is 0.331. The van der Waals surface area contributed by atoms with E-state index in [2.05, 4.69) is 14.7 Å². The van der Waals surface area contributed by atoms with E-state index in [0.717, 1.165) is 27.9 Å². The molecule has 3 aromatic rings. The number of H-pyrrole nitrogens is 1. The average molecular weight is 342 g/mol. The first kappa shape index (κ1) is 14.5. The molecule has 0 saturated carbocycles. The van der Waals surface area contributed by atoms with E-state index in [1.807, 2.05) is 18.2 Å². The second-order valence-electron chi connectivity index (χ2n) is 4.46. The zero-order chi connectivity index (χ0) is 14.9. The number of aromatic amines is 1. The lowest BCUT2D eigenvalue weighted by Gasteiger charge is -2.05. The first-order valence-corrected chi connectivity index (χ1v) is 8.89. The predicted molar refractivity (Wildman–Crippen MR) is 84.3 cm³/mol. The van der Waals surface area contributed by atoms with Crippen LogP contribution in [-0.2, 0) is 16.4 Å². The van der Waals surface area contributed by atoms with Crippen molar-refractivity contribution in [1.82, 2.24) is 14.7 Å². The number of rotatable bonds is 5. The Morgan fingerprint density at radius 3 is 2.90 bits per heavy atom. The molecule has 0 radical (unpaired) electrons. The fourth-order valence-electron chi connectivity index (χ4n) is 1.98. The van der Waals surface area contributed by atoms with E-state index < -0.39 is 10.0 Å². The summed E-state index contributed by atoms with van der Waals surface area (Å²) in [5.74, 6) is 0. The van der Waals surface area contributed by atoms with Crippen LogP contribution >= 0.6 is 22.9 Å². The Hall–Kier alpha value is -1.41. The summed E-state index contributed by atoms with van der Waals surface area (Å²) in [4.78, 5) is 7.18. The van der Waals surface area contributed by atoms with Gasteiger partial charge in [0.2, 0.25) is 10.0 Å². The van der Waals surface area contributed by atoms with Crippen LogP contribution in [0, 0.1) is 0 Å². The molecule has 1 aromatic carbocycles. The third-order valence-corrected chi connectivity index (χ3v) is 6.19. The quantitative estimate of drug-likeness (QED) is 0.749. The Balaban J connectivity index is 1.65. The summed E-state index contributed by atoms with van der Waals surface area (Å²) < 4.78 is 27.3. The van der Waals surface area contributed by atoms with E-state index in [0.29, 0.717) is 17.3 Å². The van der Waals surface area contributed by atoms with Crippen LogP contribution in [0.5, 0.6) is 0 Å². The number of thiophene rings is 1. The van der Waals surface area contributed by atoms with E-state index in [4.69, 9.17) is 11.6 Å². The second kappa shape index (κ2) is 5.76. The molecule has 8 heteroatoms. The SMILES string of the molecule is O=S(=O)(NCCc1ccc2nc[nH]c2c1)c1ccc(Cl)s1. The number of imidazole rings is 1. The van der Waals surface area contributed by atoms with E-state index in [1.54, 1.807) is 12.4 Å². The first-order chi connectivity index (χ1) is 10.0. The van der Waals surface area contributed by atoms with Crippen molar-refractivity contribution in [3.63, 3.8) is 0 Å². The van der Waals surface area contributed by atoms with Crippen LogP contribution in [0.4, 0.5) is 0 Å². The van der Waals surface area contributed by atoms with Gasteiger partial charge in [0, 0.05) is 6.54 Å². The summed E-state index contributed by atoms with van der Waals surface area (Å²) in [5, 5.41) is 0. The minimum atomic E-state index is -3.48. The molecular weight excluding hydrogens is 330 g/mol. The van der Waals surface area contributed by atoms with Crippen LogP contribution in [0.25, 0.3) is 11.0 Å². The van der Waals surface area contributed by atoms with Crippen molar-refractivity contribution < 1.29 is 8.42 Å². The van der Waals surface area contributed by atoms with E-state index >= 15 is 0 Å². The molecule has 0 aliphatic carbocycles. The highest BCUT2D eigenvalue weighted by atomic mass is 35.5. The minimum Gasteiger partial charge on any atom is -0.345 e. The van der Waals surface area contributed by atoms with Crippen molar-refractivity contribution in [2.24, 2.45) is 0 Å². The fourth-order valence-corrected chi connectivity index (χ4v) is 4.54. The summed E-state index contributed by atoms with van der Waals surface area (Å²) in [7, 11) is -3.48. The Morgan fingerprint density at radius 2 is 2.14 bits per heavy atom. The number of halogens is 1. The number of hydrogen-bond donors (Lipinski definition) is 2. The lowest BCUT2D eigenvalue weighted by atomic mass is 10.1. The molecule has 0 spiro atoms. The molecule has 2 heterocycles. The third-order valence-electron chi connectivity index (χ3n) is 3.00. The molecule has 0 fully saturated rings. The van der Waals surface area contributed by atoms with Gasteiger partial charge in [0.25, 0.3) is 0 Å². The number of benzene rings is 1. The minimum absolute atomic E-state index is 0.233. The van der Waals surface area contributed by atoms with Crippen LogP contribution < -0.4 is 4.72 Å². The number of nitrogens with zero attached hydrogens (tertiary/aromatic N) is 1. The number of aromatic nitrogens is 2. The maximum Gasteiger partial charge on any atom is 0.250 e. The molecule has 2 N–H and O–H groups in total. The molecular formula is C13H12ClN3O2S2. The molecule has 0 aliphatic rings. The molecule has 2 aromatic heterocycles. The molecule has 0 amide bonds. The number of fused-ring (bicyclic) bond motifs is 1. The van der Waals surface area contributed by atoms with Crippen LogP contribution in [0.3, 0.4) is 0 Å². The van der Waals surface area contributed by atoms with Crippen LogP contribution in [0.1, 0.15) is 5.56 Å². The number of sulfonamides is 1. The highest BCUT2D eigenvalue weighted by Gasteiger charge is 2.15. The van der Waals surface area contributed by atoms with Crippen molar-refractivity contribution in [1.29, 1.82) is 0 Å². The third kappa shape index (κ3) is 3.26. The number of hydrogen-bond acceptors (Lipinski definition) is 4. The Bertz CT molecular complexity index is 870. The van der Waals surface area contributed by atoms with Gasteiger partial charge in [-0.25, -0.2) is 18.1 Å². The standard InChI is InChI=1S/C13H12ClN3O2S2/c14-12-3-4-13(20-12)21(18,19)17-6-5-9-1-2-10-11(7-9)16-8-15-10/h1-4,7-8,17H,5-6H2,(H,15,16). The molecule has 3 rings (SSSR count). The van der Waals surface area contributed by atoms with Gasteiger partial charge in [-0.3, -0.25) is 0 Å². The van der Waals surface area contributed by atoms with Gasteiger partial charge in [0.15, 0.2) is 0 Å². The van der Waals surface area contributed by atoms with Crippen molar-refractivity contribution in [3.8, 4) is 0 Å². The van der Waals surface area contributed by atoms with Crippen molar-refractivity contribution in [2.45, 2.75) is 10.6 Å². The average Bonchev–Trinajstić information content (AvgIpc) is 3.06. The maximum atomic E-state index is 12.0. The molecule has 5 nitrogen and oxygen atoms in total. The van der Waals surface area contributed by atoms with Gasteiger partial charge in [-0.15, -0.1) is 11.3 Å². The fraction of sp³-hybridized carbons (Fsp3) is 0.154. The van der Waals surface area contributed by atoms with Crippen molar-refractivity contribution >= 4 is 44.0 Å². The monoisotopic (exact) mass is 341 g/mol. The smallest absolute Gasteiger partial charge is 0.250 e. The van der Waals surface area contributed by atoms with E-state index in [-0.39, 0.29) is 4.21 Å². The molecule has 0 unspecified atom stereocenters. The predicted octanol–water partition coefficient (Wildman–Crippen LogP) is 2.80. The van der Waals surface area contributed by atoms with Gasteiger partial charge < -0.3 is 4.98 Å². The molecule has 0 atom stereocenters. The van der Waals surface area contributed by atoms with Gasteiger partial charge in [-0.2, -0.15) is 0 Å². The summed E-state index contributed by atoms with van der Waals surface area (Å²) in [6.07, 6.45) is 2.24. The molecule has 0 saturated heterocycles. The summed E-state index contributed by atoms with van der Waals surface area (Å²) in [5.41, 5.74) is 2.88. The van der Waals surface area contributed by atoms with Gasteiger partial charge >= 0.3 is 0 Å².